The minimum absolute atomic E-state index is 0.227. The van der Waals surface area contributed by atoms with E-state index in [1.807, 2.05) is 6.92 Å². The Balaban J connectivity index is 3.51. The maximum Gasteiger partial charge on any atom is 0.361 e. The van der Waals surface area contributed by atoms with E-state index in [-0.39, 0.29) is 6.61 Å². The lowest BCUT2D eigenvalue weighted by Crippen LogP contribution is -2.28. The number of hydrogen-bond acceptors (Lipinski definition) is 4. The summed E-state index contributed by atoms with van der Waals surface area (Å²) in [5.41, 5.74) is 0. The number of carboxylic acid groups (broad SMARTS) is 1. The number of hydrogen-bond donors (Lipinski definition) is 1. The Hall–Kier alpha value is -0.650. The quantitative estimate of drug-likeness (QED) is 0.448. The molecule has 0 aromatic carbocycles. The molecule has 1 atom stereocenters. The molecule has 5 nitrogen and oxygen atoms in total. The largest absolute Gasteiger partial charge is 0.477 e. The molecule has 1 N–H and O–H groups in total. The van der Waals surface area contributed by atoms with Crippen LogP contribution in [-0.2, 0) is 19.0 Å². The van der Waals surface area contributed by atoms with Crippen molar-refractivity contribution in [2.75, 3.05) is 26.4 Å². The Morgan fingerprint density at radius 1 is 1.23 bits per heavy atom. The summed E-state index contributed by atoms with van der Waals surface area (Å²) in [4.78, 5) is 10.5. The van der Waals surface area contributed by atoms with Gasteiger partial charge in [-0.2, -0.15) is 0 Å². The number of rotatable bonds is 8. The fraction of sp³-hybridized carbons (Fsp3) is 0.875. The topological polar surface area (TPSA) is 65.0 Å². The third kappa shape index (κ3) is 6.51. The smallest absolute Gasteiger partial charge is 0.361 e. The predicted molar refractivity (Wildman–Crippen MR) is 45.5 cm³/mol. The van der Waals surface area contributed by atoms with Gasteiger partial charge in [0.2, 0.25) is 0 Å². The van der Waals surface area contributed by atoms with E-state index in [1.54, 1.807) is 6.92 Å². The second kappa shape index (κ2) is 7.97. The Bertz CT molecular complexity index is 136. The van der Waals surface area contributed by atoms with Gasteiger partial charge in [0.15, 0.2) is 0 Å². The van der Waals surface area contributed by atoms with Crippen molar-refractivity contribution in [3.05, 3.63) is 0 Å². The summed E-state index contributed by atoms with van der Waals surface area (Å²) in [5.74, 6) is -1.11. The molecule has 0 rings (SSSR count). The summed E-state index contributed by atoms with van der Waals surface area (Å²) < 4.78 is 14.7. The van der Waals surface area contributed by atoms with Gasteiger partial charge in [0.05, 0.1) is 13.2 Å². The summed E-state index contributed by atoms with van der Waals surface area (Å²) >= 11 is 0. The number of carboxylic acids is 1. The molecule has 13 heavy (non-hydrogen) atoms. The van der Waals surface area contributed by atoms with Crippen LogP contribution in [0.15, 0.2) is 0 Å². The SMILES string of the molecule is CCOCCOC(OCC)C(=O)O. The molecule has 0 fully saturated rings. The zero-order chi connectivity index (χ0) is 10.1. The van der Waals surface area contributed by atoms with Gasteiger partial charge < -0.3 is 19.3 Å². The van der Waals surface area contributed by atoms with Crippen LogP contribution >= 0.6 is 0 Å². The lowest BCUT2D eigenvalue weighted by Gasteiger charge is -2.12. The first-order valence-electron chi connectivity index (χ1n) is 4.26. The summed E-state index contributed by atoms with van der Waals surface area (Å²) in [6, 6.07) is 0. The Kier molecular flexibility index (Phi) is 7.57. The van der Waals surface area contributed by atoms with Crippen molar-refractivity contribution in [2.45, 2.75) is 20.1 Å². The zero-order valence-electron chi connectivity index (χ0n) is 7.99. The fourth-order valence-corrected chi connectivity index (χ4v) is 0.700. The van der Waals surface area contributed by atoms with Gasteiger partial charge in [-0.1, -0.05) is 0 Å². The van der Waals surface area contributed by atoms with E-state index in [0.29, 0.717) is 19.8 Å². The van der Waals surface area contributed by atoms with Crippen LogP contribution in [0.3, 0.4) is 0 Å². The van der Waals surface area contributed by atoms with Gasteiger partial charge in [0, 0.05) is 13.2 Å². The molecule has 0 aliphatic carbocycles. The minimum atomic E-state index is -1.18. The standard InChI is InChI=1S/C8H16O5/c1-3-11-5-6-13-8(7(9)10)12-4-2/h8H,3-6H2,1-2H3,(H,9,10). The normalized spacial score (nSPS) is 12.8. The lowest BCUT2D eigenvalue weighted by atomic mass is 10.6. The first kappa shape index (κ1) is 12.3. The summed E-state index contributed by atoms with van der Waals surface area (Å²) in [6.07, 6.45) is -1.18. The molecule has 5 heteroatoms. The molecular formula is C8H16O5. The van der Waals surface area contributed by atoms with Crippen LogP contribution in [0.2, 0.25) is 0 Å². The third-order valence-electron chi connectivity index (χ3n) is 1.22. The van der Waals surface area contributed by atoms with E-state index in [4.69, 9.17) is 19.3 Å². The second-order valence-corrected chi connectivity index (χ2v) is 2.19. The average Bonchev–Trinajstić information content (AvgIpc) is 2.10. The predicted octanol–water partition coefficient (Wildman–Crippen LogP) is 0.487. The molecule has 0 saturated heterocycles. The first-order chi connectivity index (χ1) is 6.22. The van der Waals surface area contributed by atoms with Crippen molar-refractivity contribution in [1.82, 2.24) is 0 Å². The monoisotopic (exact) mass is 192 g/mol. The van der Waals surface area contributed by atoms with Crippen molar-refractivity contribution in [3.8, 4) is 0 Å². The lowest BCUT2D eigenvalue weighted by molar-refractivity contribution is -0.190. The van der Waals surface area contributed by atoms with Gasteiger partial charge in [-0.25, -0.2) is 4.79 Å². The highest BCUT2D eigenvalue weighted by Crippen LogP contribution is 1.95. The van der Waals surface area contributed by atoms with Crippen molar-refractivity contribution in [3.63, 3.8) is 0 Å². The number of ether oxygens (including phenoxy) is 3. The Morgan fingerprint density at radius 2 is 1.92 bits per heavy atom. The maximum atomic E-state index is 10.5. The highest BCUT2D eigenvalue weighted by molar-refractivity contribution is 5.70. The highest BCUT2D eigenvalue weighted by atomic mass is 16.7. The molecule has 1 unspecified atom stereocenters. The van der Waals surface area contributed by atoms with Crippen LogP contribution in [-0.4, -0.2) is 43.8 Å². The molecule has 0 aromatic heterocycles. The fourth-order valence-electron chi connectivity index (χ4n) is 0.700. The van der Waals surface area contributed by atoms with Crippen LogP contribution in [0.1, 0.15) is 13.8 Å². The van der Waals surface area contributed by atoms with E-state index in [1.165, 1.54) is 0 Å². The van der Waals surface area contributed by atoms with E-state index >= 15 is 0 Å². The van der Waals surface area contributed by atoms with Crippen LogP contribution in [0.5, 0.6) is 0 Å². The molecule has 0 amide bonds. The van der Waals surface area contributed by atoms with E-state index < -0.39 is 12.3 Å². The number of carbonyl (C=O) groups is 1. The molecule has 0 radical (unpaired) electrons. The van der Waals surface area contributed by atoms with Crippen LogP contribution in [0.25, 0.3) is 0 Å². The molecule has 0 saturated carbocycles. The minimum Gasteiger partial charge on any atom is -0.477 e. The van der Waals surface area contributed by atoms with Crippen LogP contribution in [0, 0.1) is 0 Å². The van der Waals surface area contributed by atoms with E-state index in [0.717, 1.165) is 0 Å². The highest BCUT2D eigenvalue weighted by Gasteiger charge is 2.17. The molecule has 0 aliphatic rings. The van der Waals surface area contributed by atoms with Crippen molar-refractivity contribution >= 4 is 5.97 Å². The first-order valence-corrected chi connectivity index (χ1v) is 4.26. The van der Waals surface area contributed by atoms with Gasteiger partial charge in [-0.15, -0.1) is 0 Å². The van der Waals surface area contributed by atoms with Crippen molar-refractivity contribution < 1.29 is 24.1 Å². The second-order valence-electron chi connectivity index (χ2n) is 2.19. The molecule has 0 bridgehead atoms. The van der Waals surface area contributed by atoms with Crippen molar-refractivity contribution in [1.29, 1.82) is 0 Å². The van der Waals surface area contributed by atoms with E-state index in [9.17, 15) is 4.79 Å². The van der Waals surface area contributed by atoms with Gasteiger partial charge in [-0.3, -0.25) is 0 Å². The molecule has 78 valence electrons. The molecule has 0 aromatic rings. The maximum absolute atomic E-state index is 10.5. The molecule has 0 heterocycles. The third-order valence-corrected chi connectivity index (χ3v) is 1.22. The number of aliphatic carboxylic acids is 1. The molecular weight excluding hydrogens is 176 g/mol. The van der Waals surface area contributed by atoms with Gasteiger partial charge in [0.1, 0.15) is 0 Å². The van der Waals surface area contributed by atoms with Crippen LogP contribution in [0.4, 0.5) is 0 Å². The summed E-state index contributed by atoms with van der Waals surface area (Å²) in [5, 5.41) is 8.57. The Morgan fingerprint density at radius 3 is 2.38 bits per heavy atom. The van der Waals surface area contributed by atoms with E-state index in [2.05, 4.69) is 0 Å². The van der Waals surface area contributed by atoms with Gasteiger partial charge in [-0.05, 0) is 13.8 Å². The summed E-state index contributed by atoms with van der Waals surface area (Å²) in [6.45, 7) is 5.08. The zero-order valence-corrected chi connectivity index (χ0v) is 7.99. The van der Waals surface area contributed by atoms with Gasteiger partial charge in [0.25, 0.3) is 6.29 Å². The molecule has 0 aliphatic heterocycles. The molecule has 0 spiro atoms. The average molecular weight is 192 g/mol. The van der Waals surface area contributed by atoms with Crippen molar-refractivity contribution in [2.24, 2.45) is 0 Å². The Labute approximate surface area is 77.6 Å². The van der Waals surface area contributed by atoms with Crippen LogP contribution < -0.4 is 0 Å². The summed E-state index contributed by atoms with van der Waals surface area (Å²) in [7, 11) is 0. The van der Waals surface area contributed by atoms with Gasteiger partial charge >= 0.3 is 5.97 Å².